The Labute approximate surface area is 157 Å². The lowest BCUT2D eigenvalue weighted by Crippen LogP contribution is -2.28. The van der Waals surface area contributed by atoms with Gasteiger partial charge in [-0.05, 0) is 35.3 Å². The van der Waals surface area contributed by atoms with Crippen molar-refractivity contribution >= 4 is 0 Å². The Hall–Kier alpha value is -2.00. The lowest BCUT2D eigenvalue weighted by Gasteiger charge is -2.33. The van der Waals surface area contributed by atoms with E-state index in [2.05, 4.69) is 56.3 Å². The smallest absolute Gasteiger partial charge is 0.119 e. The molecule has 0 bridgehead atoms. The first kappa shape index (κ1) is 20.3. The van der Waals surface area contributed by atoms with Crippen molar-refractivity contribution in [3.63, 3.8) is 0 Å². The van der Waals surface area contributed by atoms with Gasteiger partial charge in [0.1, 0.15) is 6.04 Å². The maximum absolute atomic E-state index is 11.3. The van der Waals surface area contributed by atoms with Crippen LogP contribution in [0.4, 0.5) is 0 Å². The van der Waals surface area contributed by atoms with E-state index in [1.54, 1.807) is 7.11 Å². The van der Waals surface area contributed by atoms with Crippen LogP contribution in [0.25, 0.3) is 0 Å². The van der Waals surface area contributed by atoms with Crippen molar-refractivity contribution in [1.29, 1.82) is 0 Å². The first-order valence-electron chi connectivity index (χ1n) is 9.44. The van der Waals surface area contributed by atoms with Crippen molar-refractivity contribution in [2.24, 2.45) is 11.1 Å². The molecule has 0 aliphatic carbocycles. The maximum Gasteiger partial charge on any atom is 0.119 e. The minimum Gasteiger partial charge on any atom is -0.381 e. The summed E-state index contributed by atoms with van der Waals surface area (Å²) in [7, 11) is 1.73. The number of nitroso groups, excluding NO2 is 1. The van der Waals surface area contributed by atoms with Crippen LogP contribution in [-0.2, 0) is 10.2 Å². The van der Waals surface area contributed by atoms with Gasteiger partial charge in [0.25, 0.3) is 0 Å². The van der Waals surface area contributed by atoms with Gasteiger partial charge in [0.2, 0.25) is 0 Å². The van der Waals surface area contributed by atoms with E-state index in [9.17, 15) is 4.91 Å². The highest BCUT2D eigenvalue weighted by molar-refractivity contribution is 5.24. The van der Waals surface area contributed by atoms with E-state index in [0.29, 0.717) is 12.3 Å². The molecule has 3 atom stereocenters. The third-order valence-electron chi connectivity index (χ3n) is 5.80. The highest BCUT2D eigenvalue weighted by Crippen LogP contribution is 2.35. The molecule has 0 saturated carbocycles. The van der Waals surface area contributed by atoms with Crippen LogP contribution in [0.3, 0.4) is 0 Å². The average molecular weight is 354 g/mol. The lowest BCUT2D eigenvalue weighted by atomic mass is 9.72. The number of nitrogens with zero attached hydrogens (tertiary/aromatic N) is 1. The zero-order valence-electron chi connectivity index (χ0n) is 16.4. The van der Waals surface area contributed by atoms with Gasteiger partial charge in [-0.15, -0.1) is 0 Å². The predicted octanol–water partition coefficient (Wildman–Crippen LogP) is 6.29. The number of hydrogen-bond donors (Lipinski definition) is 0. The molecule has 0 saturated heterocycles. The van der Waals surface area contributed by atoms with Crippen molar-refractivity contribution in [2.45, 2.75) is 57.6 Å². The van der Waals surface area contributed by atoms with Gasteiger partial charge in [0, 0.05) is 13.5 Å². The molecule has 0 aliphatic heterocycles. The second kappa shape index (κ2) is 9.63. The van der Waals surface area contributed by atoms with E-state index in [4.69, 9.17) is 4.74 Å². The molecule has 2 aromatic rings. The van der Waals surface area contributed by atoms with E-state index >= 15 is 0 Å². The number of methoxy groups -OCH3 is 1. The van der Waals surface area contributed by atoms with Gasteiger partial charge in [0.05, 0.1) is 6.10 Å². The molecule has 0 N–H and O–H groups in total. The third-order valence-corrected chi connectivity index (χ3v) is 5.80. The molecule has 0 radical (unpaired) electrons. The molecule has 2 aromatic carbocycles. The summed E-state index contributed by atoms with van der Waals surface area (Å²) in [5.41, 5.74) is 2.42. The van der Waals surface area contributed by atoms with Gasteiger partial charge >= 0.3 is 0 Å². The van der Waals surface area contributed by atoms with Gasteiger partial charge in [-0.2, -0.15) is 4.91 Å². The van der Waals surface area contributed by atoms with Gasteiger partial charge < -0.3 is 4.74 Å². The van der Waals surface area contributed by atoms with E-state index in [0.717, 1.165) is 18.4 Å². The van der Waals surface area contributed by atoms with Gasteiger partial charge in [-0.3, -0.25) is 0 Å². The summed E-state index contributed by atoms with van der Waals surface area (Å²) in [5.74, 6) is 0.502. The van der Waals surface area contributed by atoms with Gasteiger partial charge in [-0.1, -0.05) is 86.6 Å². The van der Waals surface area contributed by atoms with E-state index < -0.39 is 0 Å². The quantitative estimate of drug-likeness (QED) is 0.471. The minimum atomic E-state index is -0.349. The summed E-state index contributed by atoms with van der Waals surface area (Å²) in [5, 5.41) is 3.34. The van der Waals surface area contributed by atoms with Crippen molar-refractivity contribution in [2.75, 3.05) is 7.11 Å². The van der Waals surface area contributed by atoms with E-state index in [1.165, 1.54) is 5.56 Å². The fraction of sp³-hybridized carbons (Fsp3) is 0.478. The SMILES string of the molecule is COC(CCC(C)C(C)(C)c1ccccc1)CC(N=O)c1ccccc1. The number of benzene rings is 2. The zero-order valence-corrected chi connectivity index (χ0v) is 16.4. The van der Waals surface area contributed by atoms with Crippen LogP contribution >= 0.6 is 0 Å². The van der Waals surface area contributed by atoms with E-state index in [1.807, 2.05) is 30.3 Å². The highest BCUT2D eigenvalue weighted by atomic mass is 16.5. The van der Waals surface area contributed by atoms with Crippen LogP contribution < -0.4 is 0 Å². The second-order valence-corrected chi connectivity index (χ2v) is 7.69. The molecule has 0 heterocycles. The van der Waals surface area contributed by atoms with Crippen molar-refractivity contribution < 1.29 is 4.74 Å². The first-order chi connectivity index (χ1) is 12.5. The van der Waals surface area contributed by atoms with Crippen LogP contribution in [-0.4, -0.2) is 13.2 Å². The van der Waals surface area contributed by atoms with Crippen LogP contribution in [0.15, 0.2) is 65.8 Å². The minimum absolute atomic E-state index is 0.0342. The summed E-state index contributed by atoms with van der Waals surface area (Å²) in [6.07, 6.45) is 2.63. The highest BCUT2D eigenvalue weighted by Gasteiger charge is 2.28. The Bertz CT molecular complexity index is 654. The molecule has 0 aromatic heterocycles. The Morgan fingerprint density at radius 3 is 2.08 bits per heavy atom. The molecule has 0 fully saturated rings. The number of hydrogen-bond acceptors (Lipinski definition) is 3. The molecule has 0 spiro atoms. The number of rotatable bonds is 10. The van der Waals surface area contributed by atoms with Crippen LogP contribution in [0, 0.1) is 10.8 Å². The van der Waals surface area contributed by atoms with Gasteiger partial charge in [-0.25, -0.2) is 0 Å². The second-order valence-electron chi connectivity index (χ2n) is 7.69. The summed E-state index contributed by atoms with van der Waals surface area (Å²) in [4.78, 5) is 11.3. The molecular formula is C23H31NO2. The molecule has 140 valence electrons. The van der Waals surface area contributed by atoms with E-state index in [-0.39, 0.29) is 17.6 Å². The molecule has 3 heteroatoms. The summed E-state index contributed by atoms with van der Waals surface area (Å²) >= 11 is 0. The van der Waals surface area contributed by atoms with Crippen LogP contribution in [0.1, 0.15) is 57.2 Å². The van der Waals surface area contributed by atoms with Crippen molar-refractivity contribution in [3.8, 4) is 0 Å². The molecule has 3 nitrogen and oxygen atoms in total. The fourth-order valence-electron chi connectivity index (χ4n) is 3.45. The normalized spacial score (nSPS) is 15.2. The summed E-state index contributed by atoms with van der Waals surface area (Å²) < 4.78 is 5.67. The fourth-order valence-corrected chi connectivity index (χ4v) is 3.45. The molecule has 26 heavy (non-hydrogen) atoms. The Balaban J connectivity index is 1.96. The first-order valence-corrected chi connectivity index (χ1v) is 9.44. The monoisotopic (exact) mass is 353 g/mol. The van der Waals surface area contributed by atoms with Crippen molar-refractivity contribution in [1.82, 2.24) is 0 Å². The molecule has 3 unspecified atom stereocenters. The van der Waals surface area contributed by atoms with Crippen molar-refractivity contribution in [3.05, 3.63) is 76.7 Å². The topological polar surface area (TPSA) is 38.7 Å². The summed E-state index contributed by atoms with van der Waals surface area (Å²) in [6, 6.07) is 20.1. The molecular weight excluding hydrogens is 322 g/mol. The third kappa shape index (κ3) is 5.25. The summed E-state index contributed by atoms with van der Waals surface area (Å²) in [6.45, 7) is 6.90. The number of ether oxygens (including phenoxy) is 1. The van der Waals surface area contributed by atoms with Crippen LogP contribution in [0.2, 0.25) is 0 Å². The molecule has 0 aliphatic rings. The van der Waals surface area contributed by atoms with Gasteiger partial charge in [0.15, 0.2) is 0 Å². The average Bonchev–Trinajstić information content (AvgIpc) is 2.69. The predicted molar refractivity (Wildman–Crippen MR) is 108 cm³/mol. The zero-order chi connectivity index (χ0) is 19.0. The Kier molecular flexibility index (Phi) is 7.52. The largest absolute Gasteiger partial charge is 0.381 e. The standard InChI is InChI=1S/C23H31NO2/c1-18(23(2,3)20-13-9-6-10-14-20)15-16-21(26-4)17-22(24-25)19-11-7-5-8-12-19/h5-14,18,21-22H,15-17H2,1-4H3. The Morgan fingerprint density at radius 1 is 0.962 bits per heavy atom. The maximum atomic E-state index is 11.3. The molecule has 2 rings (SSSR count). The molecule has 0 amide bonds. The Morgan fingerprint density at radius 2 is 1.54 bits per heavy atom. The van der Waals surface area contributed by atoms with Crippen LogP contribution in [0.5, 0.6) is 0 Å². The lowest BCUT2D eigenvalue weighted by molar-refractivity contribution is 0.0735.